The van der Waals surface area contributed by atoms with Gasteiger partial charge in [0, 0.05) is 45.5 Å². The van der Waals surface area contributed by atoms with Crippen LogP contribution >= 0.6 is 0 Å². The van der Waals surface area contributed by atoms with E-state index < -0.39 is 0 Å². The van der Waals surface area contributed by atoms with Crippen molar-refractivity contribution in [2.24, 2.45) is 7.05 Å². The molecular formula is C16H17N7O. The quantitative estimate of drug-likeness (QED) is 0.677. The number of aromatic nitrogens is 5. The number of fused-ring (bicyclic) bond motifs is 1. The maximum atomic E-state index is 11.5. The summed E-state index contributed by atoms with van der Waals surface area (Å²) in [4.78, 5) is 28.8. The summed E-state index contributed by atoms with van der Waals surface area (Å²) in [6.45, 7) is 3.28. The van der Waals surface area contributed by atoms with Gasteiger partial charge in [-0.05, 0) is 18.2 Å². The summed E-state index contributed by atoms with van der Waals surface area (Å²) < 4.78 is 1.37. The highest BCUT2D eigenvalue weighted by atomic mass is 16.1. The van der Waals surface area contributed by atoms with E-state index >= 15 is 0 Å². The molecule has 24 heavy (non-hydrogen) atoms. The maximum absolute atomic E-state index is 11.5. The zero-order valence-corrected chi connectivity index (χ0v) is 13.3. The van der Waals surface area contributed by atoms with E-state index in [2.05, 4.69) is 29.9 Å². The lowest BCUT2D eigenvalue weighted by molar-refractivity contribution is 0.620. The molecule has 0 atom stereocenters. The van der Waals surface area contributed by atoms with Crippen molar-refractivity contribution in [1.29, 1.82) is 0 Å². The Morgan fingerprint density at radius 3 is 2.54 bits per heavy atom. The van der Waals surface area contributed by atoms with Crippen molar-refractivity contribution in [3.8, 4) is 0 Å². The van der Waals surface area contributed by atoms with E-state index in [1.54, 1.807) is 31.7 Å². The summed E-state index contributed by atoms with van der Waals surface area (Å²) in [5.41, 5.74) is 0.613. The molecule has 0 spiro atoms. The molecule has 1 fully saturated rings. The highest BCUT2D eigenvalue weighted by Crippen LogP contribution is 2.23. The fourth-order valence-electron chi connectivity index (χ4n) is 2.94. The van der Waals surface area contributed by atoms with Gasteiger partial charge in [0.05, 0.1) is 5.39 Å². The Balaban J connectivity index is 1.55. The predicted molar refractivity (Wildman–Crippen MR) is 91.2 cm³/mol. The fourth-order valence-corrected chi connectivity index (χ4v) is 2.94. The lowest BCUT2D eigenvalue weighted by atomic mass is 10.2. The molecule has 1 aliphatic heterocycles. The van der Waals surface area contributed by atoms with Gasteiger partial charge in [-0.25, -0.2) is 19.6 Å². The largest absolute Gasteiger partial charge is 0.352 e. The molecule has 1 aliphatic rings. The van der Waals surface area contributed by atoms with Crippen molar-refractivity contribution >= 4 is 22.7 Å². The first-order chi connectivity index (χ1) is 11.7. The minimum absolute atomic E-state index is 0.0997. The summed E-state index contributed by atoms with van der Waals surface area (Å²) in [5.74, 6) is 1.74. The molecule has 3 aromatic rings. The van der Waals surface area contributed by atoms with Crippen molar-refractivity contribution in [2.75, 3.05) is 36.0 Å². The zero-order chi connectivity index (χ0) is 16.5. The minimum atomic E-state index is -0.0997. The second-order valence-electron chi connectivity index (χ2n) is 5.70. The Hall–Kier alpha value is -3.03. The number of aryl methyl sites for hydroxylation is 1. The Labute approximate surface area is 138 Å². The smallest absolute Gasteiger partial charge is 0.266 e. The molecule has 0 amide bonds. The predicted octanol–water partition coefficient (Wildman–Crippen LogP) is 0.445. The van der Waals surface area contributed by atoms with Gasteiger partial charge < -0.3 is 9.80 Å². The summed E-state index contributed by atoms with van der Waals surface area (Å²) in [6, 6.07) is 7.23. The topological polar surface area (TPSA) is 80.0 Å². The van der Waals surface area contributed by atoms with Gasteiger partial charge in [-0.15, -0.1) is 0 Å². The van der Waals surface area contributed by atoms with Gasteiger partial charge in [0.25, 0.3) is 5.56 Å². The number of hydrogen-bond donors (Lipinski definition) is 0. The van der Waals surface area contributed by atoms with E-state index in [0.29, 0.717) is 5.65 Å². The van der Waals surface area contributed by atoms with Gasteiger partial charge in [-0.2, -0.15) is 5.10 Å². The molecule has 4 heterocycles. The van der Waals surface area contributed by atoms with Crippen LogP contribution in [0, 0.1) is 0 Å². The number of nitrogens with zero attached hydrogens (tertiary/aromatic N) is 7. The van der Waals surface area contributed by atoms with Crippen molar-refractivity contribution in [1.82, 2.24) is 24.7 Å². The van der Waals surface area contributed by atoms with Crippen LogP contribution in [-0.4, -0.2) is 50.9 Å². The van der Waals surface area contributed by atoms with E-state index in [-0.39, 0.29) is 5.56 Å². The second-order valence-corrected chi connectivity index (χ2v) is 5.70. The number of piperazine rings is 1. The molecule has 0 unspecified atom stereocenters. The highest BCUT2D eigenvalue weighted by Gasteiger charge is 2.21. The van der Waals surface area contributed by atoms with E-state index in [4.69, 9.17) is 0 Å². The molecule has 0 aliphatic carbocycles. The third-order valence-corrected chi connectivity index (χ3v) is 4.24. The number of rotatable bonds is 2. The molecule has 0 aromatic carbocycles. The van der Waals surface area contributed by atoms with Crippen molar-refractivity contribution in [2.45, 2.75) is 0 Å². The van der Waals surface area contributed by atoms with Gasteiger partial charge >= 0.3 is 0 Å². The van der Waals surface area contributed by atoms with Gasteiger partial charge in [0.15, 0.2) is 5.65 Å². The average Bonchev–Trinajstić information content (AvgIpc) is 2.64. The summed E-state index contributed by atoms with van der Waals surface area (Å²) in [7, 11) is 1.67. The van der Waals surface area contributed by atoms with E-state index in [9.17, 15) is 4.79 Å². The first-order valence-corrected chi connectivity index (χ1v) is 7.82. The first kappa shape index (κ1) is 14.6. The summed E-state index contributed by atoms with van der Waals surface area (Å²) >= 11 is 0. The van der Waals surface area contributed by atoms with Gasteiger partial charge in [0.2, 0.25) is 0 Å². The van der Waals surface area contributed by atoms with E-state index in [1.807, 2.05) is 12.1 Å². The van der Waals surface area contributed by atoms with Crippen LogP contribution in [0.5, 0.6) is 0 Å². The molecule has 122 valence electrons. The van der Waals surface area contributed by atoms with Gasteiger partial charge in [-0.3, -0.25) is 4.79 Å². The number of anilines is 2. The lowest BCUT2D eigenvalue weighted by Crippen LogP contribution is -2.47. The molecule has 0 radical (unpaired) electrons. The van der Waals surface area contributed by atoms with Crippen LogP contribution in [0.15, 0.2) is 41.6 Å². The highest BCUT2D eigenvalue weighted by molar-refractivity contribution is 5.86. The molecule has 1 saturated heterocycles. The van der Waals surface area contributed by atoms with Crippen LogP contribution in [0.4, 0.5) is 11.6 Å². The molecule has 0 bridgehead atoms. The average molecular weight is 323 g/mol. The second kappa shape index (κ2) is 5.88. The molecule has 8 heteroatoms. The number of hydrogen-bond acceptors (Lipinski definition) is 7. The third-order valence-electron chi connectivity index (χ3n) is 4.24. The van der Waals surface area contributed by atoms with E-state index in [1.165, 1.54) is 4.68 Å². The van der Waals surface area contributed by atoms with Gasteiger partial charge in [-0.1, -0.05) is 0 Å². The zero-order valence-electron chi connectivity index (χ0n) is 13.3. The molecule has 0 N–H and O–H groups in total. The SMILES string of the molecule is Cn1nc(N2CCN(c3ncnc4ncccc34)CC2)ccc1=O. The summed E-state index contributed by atoms with van der Waals surface area (Å²) in [6.07, 6.45) is 3.30. The maximum Gasteiger partial charge on any atom is 0.266 e. The third kappa shape index (κ3) is 2.55. The Kier molecular flexibility index (Phi) is 3.56. The molecule has 3 aromatic heterocycles. The first-order valence-electron chi connectivity index (χ1n) is 7.82. The lowest BCUT2D eigenvalue weighted by Gasteiger charge is -2.36. The molecule has 4 rings (SSSR count). The van der Waals surface area contributed by atoms with Crippen molar-refractivity contribution in [3.05, 3.63) is 47.1 Å². The van der Waals surface area contributed by atoms with Crippen molar-refractivity contribution in [3.63, 3.8) is 0 Å². The molecule has 8 nitrogen and oxygen atoms in total. The molecular weight excluding hydrogens is 306 g/mol. The van der Waals surface area contributed by atoms with E-state index in [0.717, 1.165) is 43.2 Å². The summed E-state index contributed by atoms with van der Waals surface area (Å²) in [5, 5.41) is 5.29. The van der Waals surface area contributed by atoms with Crippen LogP contribution in [0.1, 0.15) is 0 Å². The molecule has 0 saturated carbocycles. The standard InChI is InChI=1S/C16H17N7O/c1-21-14(24)5-4-13(20-21)22-7-9-23(10-8-22)16-12-3-2-6-17-15(12)18-11-19-16/h2-6,11H,7-10H2,1H3. The van der Waals surface area contributed by atoms with Crippen LogP contribution < -0.4 is 15.4 Å². The Morgan fingerprint density at radius 1 is 0.958 bits per heavy atom. The Morgan fingerprint density at radius 2 is 1.75 bits per heavy atom. The minimum Gasteiger partial charge on any atom is -0.352 e. The fraction of sp³-hybridized carbons (Fsp3) is 0.312. The van der Waals surface area contributed by atoms with Crippen LogP contribution in [-0.2, 0) is 7.05 Å². The monoisotopic (exact) mass is 323 g/mol. The normalized spacial score (nSPS) is 15.0. The van der Waals surface area contributed by atoms with Crippen molar-refractivity contribution < 1.29 is 0 Å². The Bertz CT molecular complexity index is 926. The van der Waals surface area contributed by atoms with Crippen LogP contribution in [0.3, 0.4) is 0 Å². The number of pyridine rings is 1. The van der Waals surface area contributed by atoms with Crippen LogP contribution in [0.2, 0.25) is 0 Å². The van der Waals surface area contributed by atoms with Crippen LogP contribution in [0.25, 0.3) is 11.0 Å². The van der Waals surface area contributed by atoms with Gasteiger partial charge in [0.1, 0.15) is 18.0 Å².